The van der Waals surface area contributed by atoms with Crippen molar-refractivity contribution in [2.24, 2.45) is 4.99 Å². The molecule has 0 saturated heterocycles. The second-order valence-electron chi connectivity index (χ2n) is 7.67. The topological polar surface area (TPSA) is 96.2 Å². The number of halogens is 1. The van der Waals surface area contributed by atoms with E-state index < -0.39 is 18.0 Å². The fraction of sp³-hybridized carbons (Fsp3) is 0.280. The van der Waals surface area contributed by atoms with Crippen LogP contribution in [0.25, 0.3) is 6.08 Å². The van der Waals surface area contributed by atoms with E-state index in [1.165, 1.54) is 29.6 Å². The maximum atomic E-state index is 13.7. The third-order valence-corrected chi connectivity index (χ3v) is 7.91. The minimum absolute atomic E-state index is 0.224. The zero-order valence-corrected chi connectivity index (χ0v) is 23.8. The number of nitrogens with zero attached hydrogens (tertiary/aromatic N) is 2. The highest BCUT2D eigenvalue weighted by molar-refractivity contribution is 14.1. The van der Waals surface area contributed by atoms with Gasteiger partial charge < -0.3 is 14.2 Å². The van der Waals surface area contributed by atoms with Crippen LogP contribution in [0, 0.1) is 3.57 Å². The van der Waals surface area contributed by atoms with E-state index in [1.807, 2.05) is 30.5 Å². The summed E-state index contributed by atoms with van der Waals surface area (Å²) in [5.41, 5.74) is 1.33. The molecule has 3 heterocycles. The summed E-state index contributed by atoms with van der Waals surface area (Å²) in [7, 11) is 0. The number of thiazole rings is 1. The lowest BCUT2D eigenvalue weighted by molar-refractivity contribution is -0.139. The van der Waals surface area contributed by atoms with Crippen molar-refractivity contribution in [1.82, 2.24) is 4.57 Å². The van der Waals surface area contributed by atoms with Crippen molar-refractivity contribution < 1.29 is 23.8 Å². The van der Waals surface area contributed by atoms with Crippen LogP contribution in [0.3, 0.4) is 0 Å². The van der Waals surface area contributed by atoms with Gasteiger partial charge in [-0.1, -0.05) is 17.4 Å². The van der Waals surface area contributed by atoms with Crippen LogP contribution in [0.5, 0.6) is 11.5 Å². The molecule has 0 N–H and O–H groups in total. The van der Waals surface area contributed by atoms with E-state index in [2.05, 4.69) is 27.6 Å². The Morgan fingerprint density at radius 1 is 1.25 bits per heavy atom. The highest BCUT2D eigenvalue weighted by Crippen LogP contribution is 2.35. The molecule has 188 valence electrons. The normalized spacial score (nSPS) is 15.4. The van der Waals surface area contributed by atoms with Crippen molar-refractivity contribution in [2.75, 3.05) is 13.2 Å². The molecule has 8 nitrogen and oxygen atoms in total. The number of fused-ring (bicyclic) bond motifs is 1. The third kappa shape index (κ3) is 5.18. The van der Waals surface area contributed by atoms with Crippen molar-refractivity contribution in [2.45, 2.75) is 33.7 Å². The van der Waals surface area contributed by atoms with Gasteiger partial charge in [0.15, 0.2) is 16.3 Å². The van der Waals surface area contributed by atoms with E-state index in [9.17, 15) is 14.4 Å². The van der Waals surface area contributed by atoms with E-state index in [1.54, 1.807) is 30.6 Å². The summed E-state index contributed by atoms with van der Waals surface area (Å²) in [6.07, 6.45) is 1.75. The average molecular weight is 639 g/mol. The molecular formula is C25H23IN2O6S2. The maximum Gasteiger partial charge on any atom is 0.338 e. The number of aromatic nitrogens is 1. The highest BCUT2D eigenvalue weighted by Gasteiger charge is 2.33. The molecule has 4 rings (SSSR count). The first-order chi connectivity index (χ1) is 17.2. The number of benzene rings is 1. The Kier molecular flexibility index (Phi) is 8.10. The Balaban J connectivity index is 1.89. The number of ether oxygens (including phenoxy) is 3. The van der Waals surface area contributed by atoms with Gasteiger partial charge in [-0.15, -0.1) is 11.3 Å². The van der Waals surface area contributed by atoms with Crippen LogP contribution in [0.15, 0.2) is 50.7 Å². The quantitative estimate of drug-likeness (QED) is 0.222. The first-order valence-electron chi connectivity index (χ1n) is 11.1. The summed E-state index contributed by atoms with van der Waals surface area (Å²) in [5, 5.41) is 1.91. The summed E-state index contributed by atoms with van der Waals surface area (Å²) in [6.45, 7) is 7.27. The molecule has 0 saturated carbocycles. The molecule has 0 fully saturated rings. The Labute approximate surface area is 228 Å². The van der Waals surface area contributed by atoms with Crippen LogP contribution in [0.4, 0.5) is 0 Å². The Bertz CT molecular complexity index is 1540. The van der Waals surface area contributed by atoms with Crippen LogP contribution in [-0.2, 0) is 14.3 Å². The molecule has 3 aromatic rings. The van der Waals surface area contributed by atoms with Crippen molar-refractivity contribution in [3.05, 3.63) is 74.6 Å². The van der Waals surface area contributed by atoms with Crippen molar-refractivity contribution in [3.63, 3.8) is 0 Å². The number of allylic oxidation sites excluding steroid dienone is 1. The molecular weight excluding hydrogens is 615 g/mol. The second kappa shape index (κ2) is 11.1. The second-order valence-corrected chi connectivity index (χ2v) is 10.8. The number of carbonyl (C=O) groups is 2. The molecule has 11 heteroatoms. The van der Waals surface area contributed by atoms with Gasteiger partial charge in [0, 0.05) is 11.8 Å². The number of carbonyl (C=O) groups excluding carboxylic acids is 2. The summed E-state index contributed by atoms with van der Waals surface area (Å²) < 4.78 is 19.0. The summed E-state index contributed by atoms with van der Waals surface area (Å²) in [5.74, 6) is -0.175. The van der Waals surface area contributed by atoms with Gasteiger partial charge in [-0.25, -0.2) is 9.79 Å². The van der Waals surface area contributed by atoms with Gasteiger partial charge in [0.1, 0.15) is 6.04 Å². The molecule has 0 aliphatic carbocycles. The Morgan fingerprint density at radius 2 is 2.03 bits per heavy atom. The minimum Gasteiger partial charge on any atom is -0.490 e. The molecule has 0 unspecified atom stereocenters. The van der Waals surface area contributed by atoms with Gasteiger partial charge in [0.2, 0.25) is 0 Å². The standard InChI is InChI=1S/C25H23IN2O6S2/c1-5-32-17-11-15(10-16(26)22(17)34-14(4)29)12-19-23(30)28-21(18-8-7-9-35-18)20(24(31)33-6-2)13(3)27-25(28)36-19/h7-12,21H,5-6H2,1-4H3/b19-12-/t21-/m0/s1. The van der Waals surface area contributed by atoms with Gasteiger partial charge >= 0.3 is 11.9 Å². The van der Waals surface area contributed by atoms with Crippen molar-refractivity contribution in [1.29, 1.82) is 0 Å². The molecule has 0 radical (unpaired) electrons. The molecule has 0 bridgehead atoms. The zero-order valence-electron chi connectivity index (χ0n) is 20.0. The fourth-order valence-corrected chi connectivity index (χ4v) is 6.44. The van der Waals surface area contributed by atoms with E-state index in [0.717, 1.165) is 4.88 Å². The molecule has 1 atom stereocenters. The average Bonchev–Trinajstić information content (AvgIpc) is 3.44. The minimum atomic E-state index is -0.618. The monoisotopic (exact) mass is 638 g/mol. The van der Waals surface area contributed by atoms with Gasteiger partial charge in [-0.2, -0.15) is 0 Å². The molecule has 1 aliphatic heterocycles. The lowest BCUT2D eigenvalue weighted by atomic mass is 10.0. The van der Waals surface area contributed by atoms with E-state index in [4.69, 9.17) is 14.2 Å². The largest absolute Gasteiger partial charge is 0.490 e. The first-order valence-corrected chi connectivity index (χ1v) is 13.9. The number of esters is 2. The van der Waals surface area contributed by atoms with Crippen LogP contribution in [0.2, 0.25) is 0 Å². The summed E-state index contributed by atoms with van der Waals surface area (Å²) >= 11 is 4.78. The highest BCUT2D eigenvalue weighted by atomic mass is 127. The Hall–Kier alpha value is -2.77. The first kappa shape index (κ1) is 26.3. The fourth-order valence-electron chi connectivity index (χ4n) is 3.84. The maximum absolute atomic E-state index is 13.7. The van der Waals surface area contributed by atoms with Gasteiger partial charge in [0.05, 0.1) is 32.6 Å². The summed E-state index contributed by atoms with van der Waals surface area (Å²) in [6, 6.07) is 6.71. The van der Waals surface area contributed by atoms with Crippen molar-refractivity contribution in [3.8, 4) is 11.5 Å². The SMILES string of the molecule is CCOC(=O)C1=C(C)N=c2s/c(=C\c3cc(I)c(OC(C)=O)c(OCC)c3)c(=O)n2[C@H]1c1cccs1. The smallest absolute Gasteiger partial charge is 0.338 e. The van der Waals surface area contributed by atoms with E-state index >= 15 is 0 Å². The summed E-state index contributed by atoms with van der Waals surface area (Å²) in [4.78, 5) is 44.0. The van der Waals surface area contributed by atoms with Gasteiger partial charge in [-0.05, 0) is 78.6 Å². The lowest BCUT2D eigenvalue weighted by Gasteiger charge is -2.23. The third-order valence-electron chi connectivity index (χ3n) is 5.20. The predicted octanol–water partition coefficient (Wildman–Crippen LogP) is 3.79. The van der Waals surface area contributed by atoms with Crippen molar-refractivity contribution >= 4 is 63.3 Å². The van der Waals surface area contributed by atoms with Gasteiger partial charge in [-0.3, -0.25) is 14.2 Å². The van der Waals surface area contributed by atoms with E-state index in [0.29, 0.717) is 47.8 Å². The number of thiophene rings is 1. The molecule has 1 aromatic carbocycles. The number of hydrogen-bond donors (Lipinski definition) is 0. The molecule has 0 spiro atoms. The lowest BCUT2D eigenvalue weighted by Crippen LogP contribution is -2.39. The number of hydrogen-bond acceptors (Lipinski definition) is 9. The zero-order chi connectivity index (χ0) is 26.0. The van der Waals surface area contributed by atoms with E-state index in [-0.39, 0.29) is 12.2 Å². The Morgan fingerprint density at radius 3 is 2.67 bits per heavy atom. The van der Waals surface area contributed by atoms with Crippen LogP contribution < -0.4 is 24.4 Å². The number of rotatable bonds is 7. The van der Waals surface area contributed by atoms with Crippen LogP contribution >= 0.6 is 45.3 Å². The van der Waals surface area contributed by atoms with Crippen LogP contribution in [0.1, 0.15) is 44.2 Å². The predicted molar refractivity (Wildman–Crippen MR) is 146 cm³/mol. The molecule has 36 heavy (non-hydrogen) atoms. The van der Waals surface area contributed by atoms with Crippen LogP contribution in [-0.4, -0.2) is 29.7 Å². The molecule has 0 amide bonds. The molecule has 1 aliphatic rings. The molecule has 2 aromatic heterocycles. The van der Waals surface area contributed by atoms with Gasteiger partial charge in [0.25, 0.3) is 5.56 Å².